The maximum absolute atomic E-state index is 12.5. The number of allylic oxidation sites excluding steroid dienone is 2. The SMILES string of the molecule is O=C(CCN1C(=O)C2C3C=CC(C3)C2C1=O)Oc1ccc(Br)cc1. The van der Waals surface area contributed by atoms with Gasteiger partial charge in [0, 0.05) is 11.0 Å². The van der Waals surface area contributed by atoms with Crippen LogP contribution in [0.4, 0.5) is 0 Å². The number of nitrogens with zero attached hydrogens (tertiary/aromatic N) is 1. The molecule has 2 fully saturated rings. The molecule has 24 heavy (non-hydrogen) atoms. The summed E-state index contributed by atoms with van der Waals surface area (Å²) in [7, 11) is 0. The number of rotatable bonds is 4. The number of benzene rings is 1. The lowest BCUT2D eigenvalue weighted by atomic mass is 9.85. The van der Waals surface area contributed by atoms with Crippen molar-refractivity contribution in [1.29, 1.82) is 0 Å². The molecule has 3 aliphatic rings. The minimum atomic E-state index is -0.448. The maximum atomic E-state index is 12.5. The van der Waals surface area contributed by atoms with Crippen LogP contribution in [0, 0.1) is 23.7 Å². The van der Waals surface area contributed by atoms with Crippen LogP contribution in [0.25, 0.3) is 0 Å². The predicted octanol–water partition coefficient (Wildman–Crippen LogP) is 2.55. The van der Waals surface area contributed by atoms with Crippen LogP contribution in [0.2, 0.25) is 0 Å². The predicted molar refractivity (Wildman–Crippen MR) is 88.8 cm³/mol. The van der Waals surface area contributed by atoms with E-state index in [9.17, 15) is 14.4 Å². The summed E-state index contributed by atoms with van der Waals surface area (Å²) in [5, 5.41) is 0. The van der Waals surface area contributed by atoms with E-state index < -0.39 is 5.97 Å². The van der Waals surface area contributed by atoms with E-state index in [1.165, 1.54) is 4.90 Å². The Morgan fingerprint density at radius 3 is 2.25 bits per heavy atom. The second-order valence-corrected chi connectivity index (χ2v) is 7.42. The third-order valence-electron chi connectivity index (χ3n) is 5.15. The zero-order valence-corrected chi connectivity index (χ0v) is 14.4. The molecular weight excluding hydrogens is 374 g/mol. The fourth-order valence-corrected chi connectivity index (χ4v) is 4.34. The van der Waals surface area contributed by atoms with Gasteiger partial charge >= 0.3 is 5.97 Å². The average Bonchev–Trinajstić information content (AvgIpc) is 3.23. The highest BCUT2D eigenvalue weighted by Crippen LogP contribution is 2.52. The Morgan fingerprint density at radius 1 is 1.08 bits per heavy atom. The molecule has 1 aromatic rings. The molecule has 4 atom stereocenters. The largest absolute Gasteiger partial charge is 0.426 e. The van der Waals surface area contributed by atoms with Gasteiger partial charge < -0.3 is 4.74 Å². The van der Waals surface area contributed by atoms with Crippen LogP contribution in [0.5, 0.6) is 5.75 Å². The van der Waals surface area contributed by atoms with Crippen LogP contribution in [0.3, 0.4) is 0 Å². The molecule has 0 radical (unpaired) electrons. The van der Waals surface area contributed by atoms with Gasteiger partial charge in [-0.2, -0.15) is 0 Å². The first-order valence-electron chi connectivity index (χ1n) is 8.04. The van der Waals surface area contributed by atoms with Crippen molar-refractivity contribution in [3.8, 4) is 5.75 Å². The van der Waals surface area contributed by atoms with Crippen molar-refractivity contribution in [3.05, 3.63) is 40.9 Å². The smallest absolute Gasteiger partial charge is 0.312 e. The Morgan fingerprint density at radius 2 is 1.67 bits per heavy atom. The molecule has 4 rings (SSSR count). The Hall–Kier alpha value is -1.95. The molecule has 124 valence electrons. The molecule has 1 saturated carbocycles. The Kier molecular flexibility index (Phi) is 3.79. The number of amides is 2. The molecule has 5 nitrogen and oxygen atoms in total. The highest BCUT2D eigenvalue weighted by Gasteiger charge is 2.59. The summed E-state index contributed by atoms with van der Waals surface area (Å²) in [5.41, 5.74) is 0. The lowest BCUT2D eigenvalue weighted by Crippen LogP contribution is -2.35. The molecule has 0 N–H and O–H groups in total. The van der Waals surface area contributed by atoms with Crippen LogP contribution < -0.4 is 4.74 Å². The minimum Gasteiger partial charge on any atom is -0.426 e. The molecule has 2 bridgehead atoms. The van der Waals surface area contributed by atoms with Gasteiger partial charge in [-0.3, -0.25) is 19.3 Å². The van der Waals surface area contributed by atoms with E-state index in [1.54, 1.807) is 24.3 Å². The van der Waals surface area contributed by atoms with E-state index in [4.69, 9.17) is 4.74 Å². The summed E-state index contributed by atoms with van der Waals surface area (Å²) < 4.78 is 6.12. The van der Waals surface area contributed by atoms with Gasteiger partial charge in [0.2, 0.25) is 11.8 Å². The van der Waals surface area contributed by atoms with Crippen molar-refractivity contribution >= 4 is 33.7 Å². The molecule has 1 saturated heterocycles. The number of fused-ring (bicyclic) bond motifs is 5. The van der Waals surface area contributed by atoms with E-state index in [0.29, 0.717) is 5.75 Å². The Labute approximate surface area is 147 Å². The van der Waals surface area contributed by atoms with Crippen molar-refractivity contribution in [1.82, 2.24) is 4.90 Å². The zero-order valence-electron chi connectivity index (χ0n) is 12.9. The molecule has 1 aromatic carbocycles. The van der Waals surface area contributed by atoms with Gasteiger partial charge in [0.15, 0.2) is 0 Å². The monoisotopic (exact) mass is 389 g/mol. The number of halogens is 1. The average molecular weight is 390 g/mol. The lowest BCUT2D eigenvalue weighted by molar-refractivity contribution is -0.142. The van der Waals surface area contributed by atoms with Gasteiger partial charge in [0.1, 0.15) is 5.75 Å². The third kappa shape index (κ3) is 2.49. The number of carbonyl (C=O) groups is 3. The lowest BCUT2D eigenvalue weighted by Gasteiger charge is -2.16. The van der Waals surface area contributed by atoms with E-state index >= 15 is 0 Å². The van der Waals surface area contributed by atoms with Crippen molar-refractivity contribution < 1.29 is 19.1 Å². The van der Waals surface area contributed by atoms with E-state index in [-0.39, 0.29) is 48.5 Å². The zero-order chi connectivity index (χ0) is 16.8. The molecule has 4 unspecified atom stereocenters. The van der Waals surface area contributed by atoms with Gasteiger partial charge in [-0.15, -0.1) is 0 Å². The first-order chi connectivity index (χ1) is 11.5. The van der Waals surface area contributed by atoms with Crippen LogP contribution in [0.1, 0.15) is 12.8 Å². The van der Waals surface area contributed by atoms with Crippen molar-refractivity contribution in [2.75, 3.05) is 6.54 Å². The maximum Gasteiger partial charge on any atom is 0.312 e. The summed E-state index contributed by atoms with van der Waals surface area (Å²) in [6.45, 7) is 0.0967. The highest BCUT2D eigenvalue weighted by atomic mass is 79.9. The molecule has 1 aliphatic heterocycles. The van der Waals surface area contributed by atoms with Crippen LogP contribution in [-0.2, 0) is 14.4 Å². The fraction of sp³-hybridized carbons (Fsp3) is 0.389. The molecule has 2 amide bonds. The number of esters is 1. The second-order valence-electron chi connectivity index (χ2n) is 6.51. The quantitative estimate of drug-likeness (QED) is 0.343. The van der Waals surface area contributed by atoms with Crippen LogP contribution in [0.15, 0.2) is 40.9 Å². The van der Waals surface area contributed by atoms with Crippen molar-refractivity contribution in [3.63, 3.8) is 0 Å². The molecular formula is C18H16BrNO4. The highest BCUT2D eigenvalue weighted by molar-refractivity contribution is 9.10. The van der Waals surface area contributed by atoms with Gasteiger partial charge in [0.05, 0.1) is 18.3 Å². The summed E-state index contributed by atoms with van der Waals surface area (Å²) in [6.07, 6.45) is 5.03. The van der Waals surface area contributed by atoms with Gasteiger partial charge in [-0.05, 0) is 42.5 Å². The van der Waals surface area contributed by atoms with Crippen LogP contribution >= 0.6 is 15.9 Å². The molecule has 1 heterocycles. The van der Waals surface area contributed by atoms with Gasteiger partial charge in [-0.1, -0.05) is 28.1 Å². The number of likely N-dealkylation sites (tertiary alicyclic amines) is 1. The van der Waals surface area contributed by atoms with Crippen molar-refractivity contribution in [2.45, 2.75) is 12.8 Å². The topological polar surface area (TPSA) is 63.7 Å². The van der Waals surface area contributed by atoms with Crippen molar-refractivity contribution in [2.24, 2.45) is 23.7 Å². The molecule has 6 heteroatoms. The van der Waals surface area contributed by atoms with E-state index in [1.807, 2.05) is 0 Å². The standard InChI is InChI=1S/C18H16BrNO4/c19-12-3-5-13(6-4-12)24-14(21)7-8-20-17(22)15-10-1-2-11(9-10)16(15)18(20)23/h1-6,10-11,15-16H,7-9H2. The number of ether oxygens (including phenoxy) is 1. The summed E-state index contributed by atoms with van der Waals surface area (Å²) in [4.78, 5) is 38.2. The molecule has 0 aromatic heterocycles. The Bertz CT molecular complexity index is 712. The van der Waals surface area contributed by atoms with Gasteiger partial charge in [-0.25, -0.2) is 0 Å². The number of imide groups is 1. The summed E-state index contributed by atoms with van der Waals surface area (Å²) >= 11 is 3.31. The van der Waals surface area contributed by atoms with Gasteiger partial charge in [0.25, 0.3) is 0 Å². The Balaban J connectivity index is 1.36. The molecule has 2 aliphatic carbocycles. The normalized spacial score (nSPS) is 30.1. The number of hydrogen-bond donors (Lipinski definition) is 0. The minimum absolute atomic E-state index is 0.00967. The first kappa shape index (κ1) is 15.6. The summed E-state index contributed by atoms with van der Waals surface area (Å²) in [5.74, 6) is -0.300. The number of hydrogen-bond acceptors (Lipinski definition) is 4. The molecule has 0 spiro atoms. The summed E-state index contributed by atoms with van der Waals surface area (Å²) in [6, 6.07) is 6.92. The van der Waals surface area contributed by atoms with E-state index in [2.05, 4.69) is 28.1 Å². The second kappa shape index (κ2) is 5.84. The fourth-order valence-electron chi connectivity index (χ4n) is 4.07. The van der Waals surface area contributed by atoms with E-state index in [0.717, 1.165) is 10.9 Å². The first-order valence-corrected chi connectivity index (χ1v) is 8.83. The van der Waals surface area contributed by atoms with Crippen LogP contribution in [-0.4, -0.2) is 29.2 Å². The number of carbonyl (C=O) groups excluding carboxylic acids is 3. The third-order valence-corrected chi connectivity index (χ3v) is 5.68.